The molecule has 5 heteroatoms. The normalized spacial score (nSPS) is 18.1. The third-order valence-corrected chi connectivity index (χ3v) is 3.80. The number of piperazine rings is 1. The number of aromatic nitrogens is 1. The van der Waals surface area contributed by atoms with Crippen LogP contribution in [-0.4, -0.2) is 53.1 Å². The van der Waals surface area contributed by atoms with E-state index in [9.17, 15) is 4.79 Å². The van der Waals surface area contributed by atoms with Gasteiger partial charge in [0.2, 0.25) is 0 Å². The van der Waals surface area contributed by atoms with Gasteiger partial charge in [-0.15, -0.1) is 0 Å². The van der Waals surface area contributed by atoms with Crippen molar-refractivity contribution in [3.63, 3.8) is 0 Å². The van der Waals surface area contributed by atoms with Crippen molar-refractivity contribution < 1.29 is 0 Å². The lowest BCUT2D eigenvalue weighted by Crippen LogP contribution is -2.49. The van der Waals surface area contributed by atoms with Gasteiger partial charge in [-0.25, -0.2) is 0 Å². The van der Waals surface area contributed by atoms with Crippen LogP contribution < -0.4 is 11.3 Å². The van der Waals surface area contributed by atoms with Gasteiger partial charge in [-0.2, -0.15) is 0 Å². The standard InChI is InChI=1S/C14H24N4O/c1-12(2)17-8-5-16(6-9-17)7-10-18-11-13(15)3-4-14(18)19/h3-4,11-12H,5-10,15H2,1-2H3. The van der Waals surface area contributed by atoms with E-state index in [1.807, 2.05) is 0 Å². The monoisotopic (exact) mass is 264 g/mol. The molecule has 0 bridgehead atoms. The highest BCUT2D eigenvalue weighted by Gasteiger charge is 2.18. The van der Waals surface area contributed by atoms with Crippen molar-refractivity contribution in [2.75, 3.05) is 38.5 Å². The molecule has 5 nitrogen and oxygen atoms in total. The van der Waals surface area contributed by atoms with Gasteiger partial charge in [-0.3, -0.25) is 14.6 Å². The summed E-state index contributed by atoms with van der Waals surface area (Å²) in [5.41, 5.74) is 6.37. The van der Waals surface area contributed by atoms with Crippen LogP contribution in [0.15, 0.2) is 23.1 Å². The smallest absolute Gasteiger partial charge is 0.250 e. The lowest BCUT2D eigenvalue weighted by molar-refractivity contribution is 0.106. The van der Waals surface area contributed by atoms with Gasteiger partial charge in [0.25, 0.3) is 5.56 Å². The van der Waals surface area contributed by atoms with Crippen molar-refractivity contribution in [2.24, 2.45) is 0 Å². The lowest BCUT2D eigenvalue weighted by Gasteiger charge is -2.36. The van der Waals surface area contributed by atoms with Crippen LogP contribution in [0.2, 0.25) is 0 Å². The zero-order chi connectivity index (χ0) is 13.8. The predicted molar refractivity (Wildman–Crippen MR) is 78.3 cm³/mol. The van der Waals surface area contributed by atoms with Gasteiger partial charge < -0.3 is 10.3 Å². The number of pyridine rings is 1. The van der Waals surface area contributed by atoms with Crippen molar-refractivity contribution >= 4 is 5.69 Å². The molecular weight excluding hydrogens is 240 g/mol. The van der Waals surface area contributed by atoms with Crippen LogP contribution in [0, 0.1) is 0 Å². The van der Waals surface area contributed by atoms with Crippen LogP contribution in [0.25, 0.3) is 0 Å². The van der Waals surface area contributed by atoms with Crippen LogP contribution in [0.3, 0.4) is 0 Å². The Hall–Kier alpha value is -1.33. The Morgan fingerprint density at radius 3 is 2.47 bits per heavy atom. The highest BCUT2D eigenvalue weighted by molar-refractivity contribution is 5.33. The summed E-state index contributed by atoms with van der Waals surface area (Å²) in [6, 6.07) is 3.81. The molecule has 0 radical (unpaired) electrons. The van der Waals surface area contributed by atoms with E-state index in [4.69, 9.17) is 5.73 Å². The average Bonchev–Trinajstić information content (AvgIpc) is 2.40. The molecule has 2 rings (SSSR count). The molecule has 2 N–H and O–H groups in total. The first-order valence-electron chi connectivity index (χ1n) is 6.98. The molecule has 1 aromatic heterocycles. The van der Waals surface area contributed by atoms with E-state index in [0.29, 0.717) is 18.3 Å². The molecule has 1 aromatic rings. The Bertz CT molecular complexity index is 461. The summed E-state index contributed by atoms with van der Waals surface area (Å²) in [7, 11) is 0. The Morgan fingerprint density at radius 1 is 1.16 bits per heavy atom. The predicted octanol–water partition coefficient (Wildman–Crippen LogP) is 0.457. The third-order valence-electron chi connectivity index (χ3n) is 3.80. The largest absolute Gasteiger partial charge is 0.398 e. The second-order valence-electron chi connectivity index (χ2n) is 5.47. The quantitative estimate of drug-likeness (QED) is 0.858. The van der Waals surface area contributed by atoms with Gasteiger partial charge in [0, 0.05) is 63.3 Å². The van der Waals surface area contributed by atoms with Crippen molar-refractivity contribution in [3.8, 4) is 0 Å². The summed E-state index contributed by atoms with van der Waals surface area (Å²) in [6.45, 7) is 10.5. The topological polar surface area (TPSA) is 54.5 Å². The molecule has 0 aliphatic carbocycles. The number of nitrogens with two attached hydrogens (primary N) is 1. The molecule has 0 saturated carbocycles. The fourth-order valence-electron chi connectivity index (χ4n) is 2.48. The molecule has 19 heavy (non-hydrogen) atoms. The van der Waals surface area contributed by atoms with Gasteiger partial charge in [0.05, 0.1) is 0 Å². The van der Waals surface area contributed by atoms with Crippen LogP contribution in [0.5, 0.6) is 0 Å². The second kappa shape index (κ2) is 6.21. The van der Waals surface area contributed by atoms with Gasteiger partial charge in [-0.05, 0) is 19.9 Å². The van der Waals surface area contributed by atoms with E-state index in [2.05, 4.69) is 23.6 Å². The lowest BCUT2D eigenvalue weighted by atomic mass is 10.2. The molecular formula is C14H24N4O. The molecule has 106 valence electrons. The van der Waals surface area contributed by atoms with Gasteiger partial charge in [0.15, 0.2) is 0 Å². The summed E-state index contributed by atoms with van der Waals surface area (Å²) in [4.78, 5) is 16.6. The Labute approximate surface area is 114 Å². The average molecular weight is 264 g/mol. The van der Waals surface area contributed by atoms with Crippen LogP contribution >= 0.6 is 0 Å². The summed E-state index contributed by atoms with van der Waals surface area (Å²) in [5.74, 6) is 0. The highest BCUT2D eigenvalue weighted by atomic mass is 16.1. The molecule has 1 fully saturated rings. The summed E-state index contributed by atoms with van der Waals surface area (Å²) >= 11 is 0. The molecule has 1 saturated heterocycles. The molecule has 2 heterocycles. The summed E-state index contributed by atoms with van der Waals surface area (Å²) in [5, 5.41) is 0. The Morgan fingerprint density at radius 2 is 1.84 bits per heavy atom. The van der Waals surface area contributed by atoms with Crippen molar-refractivity contribution in [2.45, 2.75) is 26.4 Å². The number of hydrogen-bond acceptors (Lipinski definition) is 4. The van der Waals surface area contributed by atoms with E-state index in [1.165, 1.54) is 6.07 Å². The molecule has 0 aromatic carbocycles. The first-order chi connectivity index (χ1) is 9.06. The van der Waals surface area contributed by atoms with E-state index in [1.54, 1.807) is 16.8 Å². The number of nitrogen functional groups attached to an aromatic ring is 1. The van der Waals surface area contributed by atoms with Crippen LogP contribution in [-0.2, 0) is 6.54 Å². The summed E-state index contributed by atoms with van der Waals surface area (Å²) in [6.07, 6.45) is 1.73. The molecule has 0 unspecified atom stereocenters. The molecule has 0 amide bonds. The highest BCUT2D eigenvalue weighted by Crippen LogP contribution is 2.06. The first-order valence-corrected chi connectivity index (χ1v) is 6.98. The third kappa shape index (κ3) is 3.81. The maximum Gasteiger partial charge on any atom is 0.250 e. The molecule has 0 spiro atoms. The molecule has 1 aliphatic rings. The zero-order valence-electron chi connectivity index (χ0n) is 11.9. The maximum absolute atomic E-state index is 11.7. The van der Waals surface area contributed by atoms with Crippen molar-refractivity contribution in [3.05, 3.63) is 28.7 Å². The van der Waals surface area contributed by atoms with E-state index < -0.39 is 0 Å². The fraction of sp³-hybridized carbons (Fsp3) is 0.643. The molecule has 1 aliphatic heterocycles. The minimum Gasteiger partial charge on any atom is -0.398 e. The fourth-order valence-corrected chi connectivity index (χ4v) is 2.48. The van der Waals surface area contributed by atoms with E-state index in [-0.39, 0.29) is 5.56 Å². The minimum absolute atomic E-state index is 0.0232. The van der Waals surface area contributed by atoms with Crippen molar-refractivity contribution in [1.82, 2.24) is 14.4 Å². The van der Waals surface area contributed by atoms with Gasteiger partial charge in [0.1, 0.15) is 0 Å². The number of nitrogens with zero attached hydrogens (tertiary/aromatic N) is 3. The van der Waals surface area contributed by atoms with E-state index >= 15 is 0 Å². The minimum atomic E-state index is 0.0232. The van der Waals surface area contributed by atoms with Crippen LogP contribution in [0.1, 0.15) is 13.8 Å². The van der Waals surface area contributed by atoms with Crippen LogP contribution in [0.4, 0.5) is 5.69 Å². The number of hydrogen-bond donors (Lipinski definition) is 1. The van der Waals surface area contributed by atoms with Crippen molar-refractivity contribution in [1.29, 1.82) is 0 Å². The Kier molecular flexibility index (Phi) is 4.61. The Balaban J connectivity index is 1.84. The maximum atomic E-state index is 11.7. The van der Waals surface area contributed by atoms with Gasteiger partial charge in [-0.1, -0.05) is 0 Å². The number of anilines is 1. The first kappa shape index (κ1) is 14.1. The van der Waals surface area contributed by atoms with Gasteiger partial charge >= 0.3 is 0 Å². The molecule has 0 atom stereocenters. The zero-order valence-corrected chi connectivity index (χ0v) is 11.9. The SMILES string of the molecule is CC(C)N1CCN(CCn2cc(N)ccc2=O)CC1. The summed E-state index contributed by atoms with van der Waals surface area (Å²) < 4.78 is 1.70. The van der Waals surface area contributed by atoms with E-state index in [0.717, 1.165) is 32.7 Å². The number of rotatable bonds is 4. The second-order valence-corrected chi connectivity index (χ2v) is 5.47.